The maximum Gasteiger partial charge on any atom is 0.335 e. The molecule has 0 spiro atoms. The molecule has 4 aliphatic rings. The largest absolute Gasteiger partial charge is 0.478 e. The van der Waals surface area contributed by atoms with Crippen LogP contribution in [0.2, 0.25) is 0 Å². The van der Waals surface area contributed by atoms with Gasteiger partial charge in [0.15, 0.2) is 5.43 Å². The minimum atomic E-state index is -1.03. The van der Waals surface area contributed by atoms with Crippen molar-refractivity contribution >= 4 is 16.9 Å². The van der Waals surface area contributed by atoms with Gasteiger partial charge in [0.05, 0.1) is 10.9 Å². The summed E-state index contributed by atoms with van der Waals surface area (Å²) in [5.74, 6) is 2.16. The molecule has 124 valence electrons. The van der Waals surface area contributed by atoms with Crippen LogP contribution < -0.4 is 5.43 Å². The summed E-state index contributed by atoms with van der Waals surface area (Å²) >= 11 is 0. The van der Waals surface area contributed by atoms with Crippen LogP contribution in [0.15, 0.2) is 33.5 Å². The zero-order valence-corrected chi connectivity index (χ0v) is 13.5. The van der Waals surface area contributed by atoms with Crippen molar-refractivity contribution in [2.24, 2.45) is 17.8 Å². The molecular weight excluding hydrogens is 304 g/mol. The molecule has 1 aromatic carbocycles. The van der Waals surface area contributed by atoms with Gasteiger partial charge in [-0.2, -0.15) is 0 Å². The summed E-state index contributed by atoms with van der Waals surface area (Å²) in [6.07, 6.45) is 7.46. The van der Waals surface area contributed by atoms with Gasteiger partial charge < -0.3 is 9.52 Å². The molecule has 24 heavy (non-hydrogen) atoms. The van der Waals surface area contributed by atoms with E-state index in [1.165, 1.54) is 31.4 Å². The van der Waals surface area contributed by atoms with Gasteiger partial charge in [-0.05, 0) is 74.5 Å². The number of carbonyl (C=O) groups is 1. The SMILES string of the molecule is O=C(O)c1ccc2oc(C34CC5CC(CC(C5)C3)C4)cc(=O)c2c1. The topological polar surface area (TPSA) is 67.5 Å². The number of hydrogen-bond donors (Lipinski definition) is 1. The van der Waals surface area contributed by atoms with E-state index in [0.29, 0.717) is 11.0 Å². The molecule has 4 saturated carbocycles. The summed E-state index contributed by atoms with van der Waals surface area (Å²) in [5, 5.41) is 9.48. The van der Waals surface area contributed by atoms with Crippen LogP contribution >= 0.6 is 0 Å². The first-order chi connectivity index (χ1) is 11.5. The van der Waals surface area contributed by atoms with Gasteiger partial charge in [-0.1, -0.05) is 0 Å². The van der Waals surface area contributed by atoms with E-state index in [2.05, 4.69) is 0 Å². The third-order valence-corrected chi connectivity index (χ3v) is 6.54. The third kappa shape index (κ3) is 1.98. The van der Waals surface area contributed by atoms with Crippen LogP contribution in [-0.2, 0) is 5.41 Å². The Morgan fingerprint density at radius 2 is 1.67 bits per heavy atom. The molecular formula is C20H20O4. The summed E-state index contributed by atoms with van der Waals surface area (Å²) in [6.45, 7) is 0. The molecule has 4 aliphatic carbocycles. The number of benzene rings is 1. The molecule has 2 aromatic rings. The van der Waals surface area contributed by atoms with E-state index in [1.807, 2.05) is 0 Å². The quantitative estimate of drug-likeness (QED) is 0.908. The van der Waals surface area contributed by atoms with Gasteiger partial charge in [-0.25, -0.2) is 4.79 Å². The molecule has 1 N–H and O–H groups in total. The second kappa shape index (κ2) is 4.71. The molecule has 4 fully saturated rings. The predicted octanol–water partition coefficient (Wildman–Crippen LogP) is 3.96. The number of rotatable bonds is 2. The fraction of sp³-hybridized carbons (Fsp3) is 0.500. The second-order valence-corrected chi connectivity index (χ2v) is 8.19. The molecule has 4 heteroatoms. The van der Waals surface area contributed by atoms with Gasteiger partial charge in [0, 0.05) is 11.5 Å². The van der Waals surface area contributed by atoms with E-state index < -0.39 is 5.97 Å². The molecule has 4 nitrogen and oxygen atoms in total. The van der Waals surface area contributed by atoms with Crippen LogP contribution in [0.1, 0.15) is 54.6 Å². The van der Waals surface area contributed by atoms with Gasteiger partial charge in [0.25, 0.3) is 0 Å². The normalized spacial score (nSPS) is 33.9. The molecule has 0 unspecified atom stereocenters. The van der Waals surface area contributed by atoms with Gasteiger partial charge in [0.1, 0.15) is 11.3 Å². The Morgan fingerprint density at radius 3 is 2.25 bits per heavy atom. The zero-order chi connectivity index (χ0) is 16.5. The molecule has 1 aromatic heterocycles. The highest BCUT2D eigenvalue weighted by molar-refractivity contribution is 5.92. The molecule has 0 amide bonds. The number of fused-ring (bicyclic) bond motifs is 1. The zero-order valence-electron chi connectivity index (χ0n) is 13.5. The number of aromatic carboxylic acids is 1. The fourth-order valence-corrected chi connectivity index (χ4v) is 5.96. The number of carboxylic acids is 1. The van der Waals surface area contributed by atoms with Crippen molar-refractivity contribution in [1.29, 1.82) is 0 Å². The molecule has 0 atom stereocenters. The van der Waals surface area contributed by atoms with Crippen molar-refractivity contribution in [1.82, 2.24) is 0 Å². The fourth-order valence-electron chi connectivity index (χ4n) is 5.96. The van der Waals surface area contributed by atoms with Crippen LogP contribution in [0.3, 0.4) is 0 Å². The van der Waals surface area contributed by atoms with Crippen molar-refractivity contribution < 1.29 is 14.3 Å². The van der Waals surface area contributed by atoms with E-state index in [0.717, 1.165) is 42.8 Å². The van der Waals surface area contributed by atoms with Crippen LogP contribution in [0.5, 0.6) is 0 Å². The highest BCUT2D eigenvalue weighted by Crippen LogP contribution is 2.60. The molecule has 1 heterocycles. The number of hydrogen-bond acceptors (Lipinski definition) is 3. The first kappa shape index (κ1) is 14.3. The lowest BCUT2D eigenvalue weighted by Gasteiger charge is -2.56. The summed E-state index contributed by atoms with van der Waals surface area (Å²) < 4.78 is 6.17. The van der Waals surface area contributed by atoms with E-state index >= 15 is 0 Å². The van der Waals surface area contributed by atoms with Crippen LogP contribution in [0.25, 0.3) is 11.0 Å². The van der Waals surface area contributed by atoms with E-state index in [1.54, 1.807) is 12.1 Å². The predicted molar refractivity (Wildman–Crippen MR) is 89.3 cm³/mol. The lowest BCUT2D eigenvalue weighted by atomic mass is 9.49. The van der Waals surface area contributed by atoms with Crippen molar-refractivity contribution in [2.45, 2.75) is 43.9 Å². The van der Waals surface area contributed by atoms with Gasteiger partial charge in [-0.3, -0.25) is 4.79 Å². The second-order valence-electron chi connectivity index (χ2n) is 8.19. The Labute approximate surface area is 139 Å². The summed E-state index contributed by atoms with van der Waals surface area (Å²) in [5.41, 5.74) is 0.550. The Hall–Kier alpha value is -2.10. The van der Waals surface area contributed by atoms with E-state index in [9.17, 15) is 9.59 Å². The number of carboxylic acid groups (broad SMARTS) is 1. The maximum absolute atomic E-state index is 12.6. The monoisotopic (exact) mass is 324 g/mol. The van der Waals surface area contributed by atoms with Crippen molar-refractivity contribution in [2.75, 3.05) is 0 Å². The molecule has 0 radical (unpaired) electrons. The molecule has 0 aliphatic heterocycles. The summed E-state index contributed by atoms with van der Waals surface area (Å²) in [7, 11) is 0. The van der Waals surface area contributed by atoms with Gasteiger partial charge in [0.2, 0.25) is 0 Å². The van der Waals surface area contributed by atoms with Crippen molar-refractivity contribution in [3.63, 3.8) is 0 Å². The van der Waals surface area contributed by atoms with Crippen LogP contribution in [0.4, 0.5) is 0 Å². The maximum atomic E-state index is 12.6. The Kier molecular flexibility index (Phi) is 2.80. The lowest BCUT2D eigenvalue weighted by Crippen LogP contribution is -2.48. The Bertz CT molecular complexity index is 872. The first-order valence-corrected chi connectivity index (χ1v) is 8.84. The Balaban J connectivity index is 1.64. The summed E-state index contributed by atoms with van der Waals surface area (Å²) in [4.78, 5) is 23.7. The van der Waals surface area contributed by atoms with Gasteiger partial charge >= 0.3 is 5.97 Å². The van der Waals surface area contributed by atoms with Gasteiger partial charge in [-0.15, -0.1) is 0 Å². The van der Waals surface area contributed by atoms with Crippen molar-refractivity contribution in [3.05, 3.63) is 45.8 Å². The van der Waals surface area contributed by atoms with Crippen LogP contribution in [-0.4, -0.2) is 11.1 Å². The van der Waals surface area contributed by atoms with E-state index in [-0.39, 0.29) is 16.4 Å². The molecule has 6 rings (SSSR count). The van der Waals surface area contributed by atoms with Crippen molar-refractivity contribution in [3.8, 4) is 0 Å². The lowest BCUT2D eigenvalue weighted by molar-refractivity contribution is -0.0150. The first-order valence-electron chi connectivity index (χ1n) is 8.84. The Morgan fingerprint density at radius 1 is 1.04 bits per heavy atom. The summed E-state index contributed by atoms with van der Waals surface area (Å²) in [6, 6.07) is 6.20. The average molecular weight is 324 g/mol. The molecule has 4 bridgehead atoms. The standard InChI is InChI=1S/C20H20O4/c21-16-7-18(24-17-2-1-14(19(22)23)6-15(16)17)20-8-11-3-12(9-20)5-13(4-11)10-20/h1-2,6-7,11-13H,3-5,8-10H2,(H,22,23). The smallest absolute Gasteiger partial charge is 0.335 e. The third-order valence-electron chi connectivity index (χ3n) is 6.54. The van der Waals surface area contributed by atoms with E-state index in [4.69, 9.17) is 9.52 Å². The average Bonchev–Trinajstić information content (AvgIpc) is 2.53. The highest BCUT2D eigenvalue weighted by Gasteiger charge is 2.53. The minimum absolute atomic E-state index is 0.0353. The highest BCUT2D eigenvalue weighted by atomic mass is 16.4. The minimum Gasteiger partial charge on any atom is -0.478 e. The molecule has 0 saturated heterocycles. The van der Waals surface area contributed by atoms with Crippen LogP contribution in [0, 0.1) is 17.8 Å².